The number of Topliss-reactive ketones (excluding diaryl/α,β-unsaturated/α-hetero) is 1. The molecule has 0 amide bonds. The van der Waals surface area contributed by atoms with Crippen LogP contribution in [0.5, 0.6) is 11.5 Å². The van der Waals surface area contributed by atoms with E-state index in [1.807, 2.05) is 48.5 Å². The van der Waals surface area contributed by atoms with Gasteiger partial charge in [0.2, 0.25) is 0 Å². The highest BCUT2D eigenvalue weighted by molar-refractivity contribution is 5.82. The van der Waals surface area contributed by atoms with E-state index in [4.69, 9.17) is 14.0 Å². The van der Waals surface area contributed by atoms with Crippen LogP contribution in [0, 0.1) is 11.8 Å². The Balaban J connectivity index is 1.27. The predicted octanol–water partition coefficient (Wildman–Crippen LogP) is 5.99. The quantitative estimate of drug-likeness (QED) is 0.238. The first kappa shape index (κ1) is 28.4. The number of rotatable bonds is 10. The number of hydrogen-bond donors (Lipinski definition) is 0. The molecule has 1 aliphatic heterocycles. The largest absolute Gasteiger partial charge is 0.493 e. The number of ether oxygens (including phenoxy) is 2. The summed E-state index contributed by atoms with van der Waals surface area (Å²) in [5.74, 6) is 8.73. The normalized spacial score (nSPS) is 13.9. The average molecular weight is 529 g/mol. The maximum absolute atomic E-state index is 12.5. The number of hydrogen-bond acceptors (Lipinski definition) is 6. The van der Waals surface area contributed by atoms with Gasteiger partial charge in [-0.1, -0.05) is 56.3 Å². The highest BCUT2D eigenvalue weighted by Gasteiger charge is 2.20. The summed E-state index contributed by atoms with van der Waals surface area (Å²) in [6.07, 6.45) is 5.60. The van der Waals surface area contributed by atoms with E-state index in [-0.39, 0.29) is 17.6 Å². The maximum Gasteiger partial charge on any atom is 0.161 e. The van der Waals surface area contributed by atoms with Crippen LogP contribution in [0.3, 0.4) is 0 Å². The molecule has 2 aromatic carbocycles. The molecule has 3 aromatic rings. The van der Waals surface area contributed by atoms with E-state index in [1.165, 1.54) is 32.4 Å². The van der Waals surface area contributed by atoms with Crippen LogP contribution < -0.4 is 9.47 Å². The van der Waals surface area contributed by atoms with Gasteiger partial charge in [0, 0.05) is 35.6 Å². The molecule has 39 heavy (non-hydrogen) atoms. The van der Waals surface area contributed by atoms with E-state index in [0.717, 1.165) is 41.2 Å². The molecular formula is C33H40N2O4. The lowest BCUT2D eigenvalue weighted by Gasteiger charge is -2.26. The van der Waals surface area contributed by atoms with Crippen LogP contribution >= 0.6 is 0 Å². The Labute approximate surface area is 232 Å². The molecule has 4 rings (SSSR count). The zero-order chi connectivity index (χ0) is 27.7. The number of likely N-dealkylation sites (tertiary alicyclic amines) is 1. The van der Waals surface area contributed by atoms with E-state index in [0.29, 0.717) is 24.5 Å². The molecule has 6 nitrogen and oxygen atoms in total. The van der Waals surface area contributed by atoms with Gasteiger partial charge in [-0.05, 0) is 68.2 Å². The van der Waals surface area contributed by atoms with Crippen LogP contribution in [0.2, 0.25) is 0 Å². The third-order valence-electron chi connectivity index (χ3n) is 6.87. The number of methoxy groups -OCH3 is 1. The highest BCUT2D eigenvalue weighted by atomic mass is 16.5. The van der Waals surface area contributed by atoms with Crippen LogP contribution in [-0.2, 0) is 23.1 Å². The summed E-state index contributed by atoms with van der Waals surface area (Å²) in [6, 6.07) is 15.5. The second-order valence-corrected chi connectivity index (χ2v) is 11.2. The van der Waals surface area contributed by atoms with Crippen molar-refractivity contribution in [3.8, 4) is 23.3 Å². The second-order valence-electron chi connectivity index (χ2n) is 11.2. The van der Waals surface area contributed by atoms with Crippen molar-refractivity contribution < 1.29 is 18.8 Å². The highest BCUT2D eigenvalue weighted by Crippen LogP contribution is 2.28. The number of nitrogens with zero attached hydrogens (tertiary/aromatic N) is 2. The number of carbonyl (C=O) groups excluding carboxylic acids is 1. The molecule has 0 bridgehead atoms. The zero-order valence-corrected chi connectivity index (χ0v) is 23.7. The fourth-order valence-electron chi connectivity index (χ4n) is 4.61. The third-order valence-corrected chi connectivity index (χ3v) is 6.87. The first-order valence-corrected chi connectivity index (χ1v) is 13.9. The Morgan fingerprint density at radius 3 is 2.36 bits per heavy atom. The van der Waals surface area contributed by atoms with Gasteiger partial charge in [-0.15, -0.1) is 0 Å². The Morgan fingerprint density at radius 1 is 0.949 bits per heavy atom. The molecule has 0 saturated carbocycles. The van der Waals surface area contributed by atoms with Crippen molar-refractivity contribution in [2.24, 2.45) is 0 Å². The fraction of sp³-hybridized carbons (Fsp3) is 0.455. The van der Waals surface area contributed by atoms with E-state index < -0.39 is 0 Å². The van der Waals surface area contributed by atoms with Gasteiger partial charge >= 0.3 is 0 Å². The molecule has 0 atom stereocenters. The standard InChI is InChI=1S/C33H40N2O4/c1-33(2,3)32-24-28(34-39-32)23-29(36)21-26-12-9-25(10-13-26)11-14-27-15-16-30(31(22-27)37-4)38-20-8-19-35-17-6-5-7-18-35/h9-10,12-13,15-16,22,24H,5-8,17-21,23H2,1-4H3. The van der Waals surface area contributed by atoms with Crippen molar-refractivity contribution in [1.29, 1.82) is 0 Å². The molecule has 0 aliphatic carbocycles. The number of aromatic nitrogens is 1. The third kappa shape index (κ3) is 8.73. The van der Waals surface area contributed by atoms with Crippen molar-refractivity contribution in [1.82, 2.24) is 10.1 Å². The lowest BCUT2D eigenvalue weighted by atomic mass is 9.93. The first-order chi connectivity index (χ1) is 18.8. The Kier molecular flexibility index (Phi) is 9.84. The summed E-state index contributed by atoms with van der Waals surface area (Å²) in [4.78, 5) is 15.1. The summed E-state index contributed by atoms with van der Waals surface area (Å²) in [7, 11) is 1.65. The maximum atomic E-state index is 12.5. The van der Waals surface area contributed by atoms with E-state index in [9.17, 15) is 4.79 Å². The van der Waals surface area contributed by atoms with Crippen molar-refractivity contribution in [2.45, 2.75) is 64.7 Å². The summed E-state index contributed by atoms with van der Waals surface area (Å²) in [6.45, 7) is 10.3. The van der Waals surface area contributed by atoms with Gasteiger partial charge in [0.1, 0.15) is 11.5 Å². The van der Waals surface area contributed by atoms with Crippen molar-refractivity contribution >= 4 is 5.78 Å². The predicted molar refractivity (Wildman–Crippen MR) is 153 cm³/mol. The summed E-state index contributed by atoms with van der Waals surface area (Å²) in [5, 5.41) is 4.05. The average Bonchev–Trinajstić information content (AvgIpc) is 3.41. The SMILES string of the molecule is COc1cc(C#Cc2ccc(CC(=O)Cc3cc(C(C)(C)C)on3)cc2)ccc1OCCCN1CCCCC1. The lowest BCUT2D eigenvalue weighted by molar-refractivity contribution is -0.117. The van der Waals surface area contributed by atoms with Crippen molar-refractivity contribution in [3.05, 3.63) is 76.7 Å². The number of ketones is 1. The Hall–Kier alpha value is -3.56. The summed E-state index contributed by atoms with van der Waals surface area (Å²) < 4.78 is 16.9. The van der Waals surface area contributed by atoms with Gasteiger partial charge in [0.05, 0.1) is 25.8 Å². The Morgan fingerprint density at radius 2 is 1.67 bits per heavy atom. The molecule has 0 N–H and O–H groups in total. The van der Waals surface area contributed by atoms with Crippen molar-refractivity contribution in [3.63, 3.8) is 0 Å². The van der Waals surface area contributed by atoms with E-state index >= 15 is 0 Å². The summed E-state index contributed by atoms with van der Waals surface area (Å²) >= 11 is 0. The molecule has 0 radical (unpaired) electrons. The number of benzene rings is 2. The molecule has 2 heterocycles. The fourth-order valence-corrected chi connectivity index (χ4v) is 4.61. The van der Waals surface area contributed by atoms with Gasteiger partial charge in [-0.2, -0.15) is 0 Å². The van der Waals surface area contributed by atoms with Gasteiger partial charge in [-0.3, -0.25) is 4.79 Å². The number of piperidine rings is 1. The molecule has 1 saturated heterocycles. The molecule has 206 valence electrons. The van der Waals surface area contributed by atoms with Gasteiger partial charge in [-0.25, -0.2) is 0 Å². The smallest absolute Gasteiger partial charge is 0.161 e. The van der Waals surface area contributed by atoms with E-state index in [2.05, 4.69) is 42.7 Å². The van der Waals surface area contributed by atoms with Gasteiger partial charge < -0.3 is 18.9 Å². The molecule has 1 fully saturated rings. The monoisotopic (exact) mass is 528 g/mol. The molecule has 0 unspecified atom stereocenters. The molecule has 6 heteroatoms. The van der Waals surface area contributed by atoms with Crippen LogP contribution in [-0.4, -0.2) is 49.2 Å². The Bertz CT molecular complexity index is 1290. The van der Waals surface area contributed by atoms with E-state index in [1.54, 1.807) is 7.11 Å². The molecular weight excluding hydrogens is 488 g/mol. The molecule has 0 spiro atoms. The van der Waals surface area contributed by atoms with Crippen molar-refractivity contribution in [2.75, 3.05) is 33.4 Å². The number of carbonyl (C=O) groups is 1. The molecule has 1 aromatic heterocycles. The van der Waals surface area contributed by atoms with Crippen LogP contribution in [0.25, 0.3) is 0 Å². The zero-order valence-electron chi connectivity index (χ0n) is 23.7. The minimum absolute atomic E-state index is 0.100. The van der Waals surface area contributed by atoms with Crippen LogP contribution in [0.15, 0.2) is 53.1 Å². The van der Waals surface area contributed by atoms with Crippen LogP contribution in [0.4, 0.5) is 0 Å². The van der Waals surface area contributed by atoms with Gasteiger partial charge in [0.15, 0.2) is 11.5 Å². The minimum Gasteiger partial charge on any atom is -0.493 e. The van der Waals surface area contributed by atoms with Gasteiger partial charge in [0.25, 0.3) is 0 Å². The van der Waals surface area contributed by atoms with Crippen LogP contribution in [0.1, 0.15) is 74.6 Å². The minimum atomic E-state index is -0.126. The second kappa shape index (κ2) is 13.5. The lowest BCUT2D eigenvalue weighted by Crippen LogP contribution is -2.31. The topological polar surface area (TPSA) is 64.8 Å². The molecule has 1 aliphatic rings. The first-order valence-electron chi connectivity index (χ1n) is 13.9. The summed E-state index contributed by atoms with van der Waals surface area (Å²) in [5.41, 5.74) is 3.24.